The van der Waals surface area contributed by atoms with Crippen molar-refractivity contribution in [2.45, 2.75) is 18.9 Å². The fraction of sp³-hybridized carbons (Fsp3) is 0.333. The molecule has 1 fully saturated rings. The lowest BCUT2D eigenvalue weighted by atomic mass is 10.3. The van der Waals surface area contributed by atoms with Crippen molar-refractivity contribution >= 4 is 29.7 Å². The van der Waals surface area contributed by atoms with Crippen molar-refractivity contribution in [3.63, 3.8) is 0 Å². The van der Waals surface area contributed by atoms with Gasteiger partial charge in [0.05, 0.1) is 18.9 Å². The van der Waals surface area contributed by atoms with Gasteiger partial charge in [0.15, 0.2) is 11.9 Å². The maximum absolute atomic E-state index is 12.0. The van der Waals surface area contributed by atoms with Crippen LogP contribution in [0.15, 0.2) is 12.3 Å². The highest BCUT2D eigenvalue weighted by atomic mass is 16.5. The van der Waals surface area contributed by atoms with Crippen LogP contribution in [-0.2, 0) is 4.74 Å². The van der Waals surface area contributed by atoms with Gasteiger partial charge in [0.1, 0.15) is 11.6 Å². The molecule has 0 atom stereocenters. The highest BCUT2D eigenvalue weighted by molar-refractivity contribution is 5.90. The second-order valence-corrected chi connectivity index (χ2v) is 4.56. The van der Waals surface area contributed by atoms with E-state index >= 15 is 0 Å². The largest absolute Gasteiger partial charge is 0.452 e. The Hall–Kier alpha value is -2.64. The third kappa shape index (κ3) is 1.85. The third-order valence-corrected chi connectivity index (χ3v) is 3.16. The zero-order chi connectivity index (χ0) is 14.3. The molecule has 3 rings (SSSR count). The molecule has 20 heavy (non-hydrogen) atoms. The molecule has 2 aromatic heterocycles. The van der Waals surface area contributed by atoms with Crippen LogP contribution in [0.5, 0.6) is 0 Å². The number of hydrogen-bond acceptors (Lipinski definition) is 6. The van der Waals surface area contributed by atoms with Gasteiger partial charge in [-0.05, 0) is 12.8 Å². The lowest BCUT2D eigenvalue weighted by Gasteiger charge is -2.21. The van der Waals surface area contributed by atoms with Gasteiger partial charge in [-0.1, -0.05) is 0 Å². The van der Waals surface area contributed by atoms with E-state index in [4.69, 9.17) is 10.5 Å². The molecule has 8 nitrogen and oxygen atoms in total. The molecule has 8 heteroatoms. The molecular formula is C12H13N5O3. The number of ether oxygens (including phenoxy) is 1. The first-order valence-electron chi connectivity index (χ1n) is 6.12. The lowest BCUT2D eigenvalue weighted by Crippen LogP contribution is -2.34. The van der Waals surface area contributed by atoms with Gasteiger partial charge in [0.2, 0.25) is 0 Å². The van der Waals surface area contributed by atoms with Crippen LogP contribution in [0.4, 0.5) is 16.4 Å². The van der Waals surface area contributed by atoms with Crippen molar-refractivity contribution in [3.05, 3.63) is 17.8 Å². The number of carbonyl (C=O) groups excluding carboxylic acids is 2. The minimum Gasteiger partial charge on any atom is -0.452 e. The van der Waals surface area contributed by atoms with Gasteiger partial charge in [-0.3, -0.25) is 9.69 Å². The molecule has 2 N–H and O–H groups in total. The van der Waals surface area contributed by atoms with Crippen molar-refractivity contribution in [1.29, 1.82) is 0 Å². The van der Waals surface area contributed by atoms with Crippen LogP contribution in [0.2, 0.25) is 0 Å². The molecule has 2 aromatic rings. The van der Waals surface area contributed by atoms with Crippen molar-refractivity contribution in [3.8, 4) is 0 Å². The van der Waals surface area contributed by atoms with Gasteiger partial charge >= 0.3 is 6.09 Å². The van der Waals surface area contributed by atoms with Crippen LogP contribution in [0.25, 0.3) is 5.65 Å². The molecule has 1 aliphatic rings. The first-order chi connectivity index (χ1) is 9.65. The normalized spacial score (nSPS) is 14.2. The Morgan fingerprint density at radius 2 is 2.35 bits per heavy atom. The minimum atomic E-state index is -0.484. The number of hydrogen-bond donors (Lipinski definition) is 1. The highest BCUT2D eigenvalue weighted by Crippen LogP contribution is 2.33. The van der Waals surface area contributed by atoms with Gasteiger partial charge in [0, 0.05) is 12.1 Å². The van der Waals surface area contributed by atoms with Crippen molar-refractivity contribution in [2.24, 2.45) is 0 Å². The van der Waals surface area contributed by atoms with Crippen molar-refractivity contribution in [1.82, 2.24) is 14.6 Å². The van der Waals surface area contributed by atoms with Crippen LogP contribution in [0, 0.1) is 0 Å². The van der Waals surface area contributed by atoms with E-state index in [0.717, 1.165) is 12.8 Å². The van der Waals surface area contributed by atoms with E-state index < -0.39 is 6.09 Å². The zero-order valence-electron chi connectivity index (χ0n) is 10.8. The summed E-state index contributed by atoms with van der Waals surface area (Å²) in [5.74, 6) is 0.667. The predicted octanol–water partition coefficient (Wildman–Crippen LogP) is 0.859. The molecule has 0 radical (unpaired) electrons. The summed E-state index contributed by atoms with van der Waals surface area (Å²) in [6, 6.07) is 1.61. The van der Waals surface area contributed by atoms with E-state index in [1.165, 1.54) is 22.7 Å². The number of fused-ring (bicyclic) bond motifs is 1. The number of nitrogens with two attached hydrogens (primary N) is 1. The van der Waals surface area contributed by atoms with E-state index in [1.54, 1.807) is 6.07 Å². The quantitative estimate of drug-likeness (QED) is 0.833. The molecule has 0 bridgehead atoms. The SMILES string of the molecule is COC(=O)N(c1cc(N)nc2c(C=O)cnn12)C1CC1. The van der Waals surface area contributed by atoms with Crippen LogP contribution < -0.4 is 10.6 Å². The number of rotatable bonds is 3. The molecule has 1 saturated carbocycles. The maximum atomic E-state index is 12.0. The fourth-order valence-electron chi connectivity index (χ4n) is 2.10. The Kier molecular flexibility index (Phi) is 2.78. The van der Waals surface area contributed by atoms with Crippen LogP contribution in [0.1, 0.15) is 23.2 Å². The average Bonchev–Trinajstić information content (AvgIpc) is 3.18. The molecule has 0 aromatic carbocycles. The molecule has 1 amide bonds. The summed E-state index contributed by atoms with van der Waals surface area (Å²) in [5.41, 5.74) is 6.40. The first-order valence-corrected chi connectivity index (χ1v) is 6.12. The highest BCUT2D eigenvalue weighted by Gasteiger charge is 2.36. The zero-order valence-corrected chi connectivity index (χ0v) is 10.8. The van der Waals surface area contributed by atoms with Gasteiger partial charge in [-0.2, -0.15) is 9.61 Å². The van der Waals surface area contributed by atoms with Crippen molar-refractivity contribution in [2.75, 3.05) is 17.7 Å². The summed E-state index contributed by atoms with van der Waals surface area (Å²) in [4.78, 5) is 28.5. The summed E-state index contributed by atoms with van der Waals surface area (Å²) in [6.07, 6.45) is 3.34. The van der Waals surface area contributed by atoms with Gasteiger partial charge in [-0.15, -0.1) is 0 Å². The van der Waals surface area contributed by atoms with E-state index in [2.05, 4.69) is 10.1 Å². The summed E-state index contributed by atoms with van der Waals surface area (Å²) in [7, 11) is 1.32. The van der Waals surface area contributed by atoms with E-state index in [1.807, 2.05) is 0 Å². The van der Waals surface area contributed by atoms with Crippen molar-refractivity contribution < 1.29 is 14.3 Å². The minimum absolute atomic E-state index is 0.0660. The van der Waals surface area contributed by atoms with Crippen LogP contribution in [-0.4, -0.2) is 40.1 Å². The Morgan fingerprint density at radius 3 is 2.95 bits per heavy atom. The van der Waals surface area contributed by atoms with Gasteiger partial charge in [-0.25, -0.2) is 9.78 Å². The van der Waals surface area contributed by atoms with E-state index in [9.17, 15) is 9.59 Å². The predicted molar refractivity (Wildman–Crippen MR) is 70.7 cm³/mol. The van der Waals surface area contributed by atoms with E-state index in [-0.39, 0.29) is 11.9 Å². The number of carbonyl (C=O) groups is 2. The molecule has 2 heterocycles. The summed E-state index contributed by atoms with van der Waals surface area (Å²) < 4.78 is 6.23. The Bertz CT molecular complexity index is 692. The summed E-state index contributed by atoms with van der Waals surface area (Å²) in [6.45, 7) is 0. The van der Waals surface area contributed by atoms with Crippen LogP contribution in [0.3, 0.4) is 0 Å². The Morgan fingerprint density at radius 1 is 1.60 bits per heavy atom. The Balaban J connectivity index is 2.21. The number of methoxy groups -OCH3 is 1. The standard InChI is InChI=1S/C12H13N5O3/c1-20-12(19)16(8-2-3-8)10-4-9(13)15-11-7(6-18)5-14-17(10)11/h4-6,8H,2-3H2,1H3,(H2,13,15). The second kappa shape index (κ2) is 4.48. The first kappa shape index (κ1) is 12.4. The molecule has 0 saturated heterocycles. The molecule has 0 aliphatic heterocycles. The molecule has 104 valence electrons. The molecule has 1 aliphatic carbocycles. The molecule has 0 unspecified atom stereocenters. The second-order valence-electron chi connectivity index (χ2n) is 4.56. The average molecular weight is 275 g/mol. The summed E-state index contributed by atoms with van der Waals surface area (Å²) in [5, 5.41) is 4.10. The molecule has 0 spiro atoms. The Labute approximate surface area is 114 Å². The van der Waals surface area contributed by atoms with Gasteiger partial charge < -0.3 is 10.5 Å². The third-order valence-electron chi connectivity index (χ3n) is 3.16. The smallest absolute Gasteiger partial charge is 0.415 e. The number of anilines is 2. The van der Waals surface area contributed by atoms with E-state index in [0.29, 0.717) is 23.3 Å². The lowest BCUT2D eigenvalue weighted by molar-refractivity contribution is 0.112. The fourth-order valence-corrected chi connectivity index (χ4v) is 2.10. The number of nitrogens with zero attached hydrogens (tertiary/aromatic N) is 4. The monoisotopic (exact) mass is 275 g/mol. The van der Waals surface area contributed by atoms with Gasteiger partial charge in [0.25, 0.3) is 0 Å². The molecular weight excluding hydrogens is 262 g/mol. The topological polar surface area (TPSA) is 103 Å². The maximum Gasteiger partial charge on any atom is 0.415 e. The number of aromatic nitrogens is 3. The number of nitrogen functional groups attached to an aromatic ring is 1. The number of aldehydes is 1. The van der Waals surface area contributed by atoms with Crippen LogP contribution >= 0.6 is 0 Å². The summed E-state index contributed by atoms with van der Waals surface area (Å²) >= 11 is 0. The number of amides is 1.